The van der Waals surface area contributed by atoms with E-state index in [4.69, 9.17) is 21.4 Å². The zero-order valence-electron chi connectivity index (χ0n) is 14.2. The second kappa shape index (κ2) is 8.23. The van der Waals surface area contributed by atoms with Gasteiger partial charge in [-0.15, -0.1) is 0 Å². The number of carbonyl (C=O) groups excluding carboxylic acids is 1. The number of amides is 1. The van der Waals surface area contributed by atoms with Crippen LogP contribution in [0.2, 0.25) is 5.02 Å². The Morgan fingerprint density at radius 1 is 1.19 bits per heavy atom. The highest BCUT2D eigenvalue weighted by Gasteiger charge is 2.33. The first kappa shape index (κ1) is 18.3. The summed E-state index contributed by atoms with van der Waals surface area (Å²) < 4.78 is 5.81. The van der Waals surface area contributed by atoms with Gasteiger partial charge in [-0.05, 0) is 41.8 Å². The second-order valence-corrected chi connectivity index (χ2v) is 6.83. The highest BCUT2D eigenvalue weighted by atomic mass is 35.5. The minimum Gasteiger partial charge on any atom is -0.489 e. The first-order valence-electron chi connectivity index (χ1n) is 8.48. The zero-order chi connectivity index (χ0) is 18.5. The normalized spacial score (nSPS) is 16.7. The Morgan fingerprint density at radius 2 is 1.96 bits per heavy atom. The summed E-state index contributed by atoms with van der Waals surface area (Å²) in [5, 5.41) is 9.71. The maximum absolute atomic E-state index is 11.9. The number of hydrogen-bond donors (Lipinski definition) is 1. The summed E-state index contributed by atoms with van der Waals surface area (Å²) in [7, 11) is 0. The molecule has 5 nitrogen and oxygen atoms in total. The number of rotatable bonds is 7. The molecule has 1 N–H and O–H groups in total. The van der Waals surface area contributed by atoms with Gasteiger partial charge in [0, 0.05) is 24.5 Å². The summed E-state index contributed by atoms with van der Waals surface area (Å²) >= 11 is 5.97. The predicted octanol–water partition coefficient (Wildman–Crippen LogP) is 3.39. The van der Waals surface area contributed by atoms with E-state index in [2.05, 4.69) is 0 Å². The summed E-state index contributed by atoms with van der Waals surface area (Å²) in [6, 6.07) is 15.2. The van der Waals surface area contributed by atoms with Gasteiger partial charge in [-0.25, -0.2) is 0 Å². The molecular formula is C20H20ClNO4. The van der Waals surface area contributed by atoms with Crippen molar-refractivity contribution in [2.45, 2.75) is 19.4 Å². The zero-order valence-corrected chi connectivity index (χ0v) is 15.0. The van der Waals surface area contributed by atoms with Gasteiger partial charge in [0.2, 0.25) is 5.91 Å². The van der Waals surface area contributed by atoms with Gasteiger partial charge in [0.15, 0.2) is 0 Å². The van der Waals surface area contributed by atoms with Crippen molar-refractivity contribution in [1.82, 2.24) is 4.90 Å². The van der Waals surface area contributed by atoms with Crippen molar-refractivity contribution < 1.29 is 19.4 Å². The van der Waals surface area contributed by atoms with E-state index in [0.717, 1.165) is 16.9 Å². The van der Waals surface area contributed by atoms with Crippen molar-refractivity contribution in [2.24, 2.45) is 5.92 Å². The van der Waals surface area contributed by atoms with E-state index < -0.39 is 11.9 Å². The Bertz CT molecular complexity index is 808. The molecule has 1 amide bonds. The van der Waals surface area contributed by atoms with Crippen molar-refractivity contribution in [3.05, 3.63) is 64.7 Å². The van der Waals surface area contributed by atoms with Crippen molar-refractivity contribution in [1.29, 1.82) is 0 Å². The van der Waals surface area contributed by atoms with Gasteiger partial charge in [0.05, 0.1) is 5.92 Å². The maximum Gasteiger partial charge on any atom is 0.308 e. The van der Waals surface area contributed by atoms with E-state index in [9.17, 15) is 9.59 Å². The lowest BCUT2D eigenvalue weighted by atomic mass is 10.1. The smallest absolute Gasteiger partial charge is 0.308 e. The largest absolute Gasteiger partial charge is 0.489 e. The molecule has 0 aliphatic carbocycles. The molecule has 136 valence electrons. The molecule has 2 aromatic carbocycles. The molecular weight excluding hydrogens is 354 g/mol. The van der Waals surface area contributed by atoms with Crippen molar-refractivity contribution in [3.63, 3.8) is 0 Å². The predicted molar refractivity (Wildman–Crippen MR) is 98.3 cm³/mol. The average Bonchev–Trinajstić information content (AvgIpc) is 3.00. The number of ether oxygens (including phenoxy) is 1. The fourth-order valence-electron chi connectivity index (χ4n) is 3.00. The highest BCUT2D eigenvalue weighted by molar-refractivity contribution is 6.30. The third-order valence-corrected chi connectivity index (χ3v) is 4.66. The van der Waals surface area contributed by atoms with E-state index >= 15 is 0 Å². The number of carbonyl (C=O) groups is 2. The molecule has 0 spiro atoms. The van der Waals surface area contributed by atoms with Crippen LogP contribution in [-0.4, -0.2) is 35.0 Å². The molecule has 1 saturated heterocycles. The summed E-state index contributed by atoms with van der Waals surface area (Å²) in [4.78, 5) is 24.5. The molecule has 1 fully saturated rings. The van der Waals surface area contributed by atoms with E-state index in [-0.39, 0.29) is 12.3 Å². The average molecular weight is 374 g/mol. The number of hydrogen-bond acceptors (Lipinski definition) is 3. The molecule has 2 aromatic rings. The number of carboxylic acids is 1. The molecule has 1 aliphatic heterocycles. The van der Waals surface area contributed by atoms with E-state index in [1.807, 2.05) is 48.5 Å². The number of halogens is 1. The Hall–Kier alpha value is -2.53. The van der Waals surface area contributed by atoms with Gasteiger partial charge in [-0.1, -0.05) is 35.9 Å². The van der Waals surface area contributed by atoms with Crippen LogP contribution in [0, 0.1) is 5.92 Å². The summed E-state index contributed by atoms with van der Waals surface area (Å²) in [6.45, 7) is 1.23. The van der Waals surface area contributed by atoms with Crippen molar-refractivity contribution >= 4 is 23.5 Å². The van der Waals surface area contributed by atoms with Gasteiger partial charge < -0.3 is 14.7 Å². The Kier molecular flexibility index (Phi) is 5.78. The van der Waals surface area contributed by atoms with Crippen LogP contribution in [0.15, 0.2) is 48.5 Å². The molecule has 1 aliphatic rings. The summed E-state index contributed by atoms with van der Waals surface area (Å²) in [5.41, 5.74) is 2.03. The minimum absolute atomic E-state index is 0.0919. The monoisotopic (exact) mass is 373 g/mol. The van der Waals surface area contributed by atoms with Gasteiger partial charge in [-0.2, -0.15) is 0 Å². The van der Waals surface area contributed by atoms with Crippen molar-refractivity contribution in [2.75, 3.05) is 13.1 Å². The van der Waals surface area contributed by atoms with Gasteiger partial charge in [0.25, 0.3) is 0 Å². The van der Waals surface area contributed by atoms with E-state index in [0.29, 0.717) is 31.1 Å². The van der Waals surface area contributed by atoms with Crippen LogP contribution in [0.3, 0.4) is 0 Å². The molecule has 3 rings (SSSR count). The minimum atomic E-state index is -0.905. The van der Waals surface area contributed by atoms with Crippen LogP contribution in [0.25, 0.3) is 0 Å². The first-order valence-corrected chi connectivity index (χ1v) is 8.86. The van der Waals surface area contributed by atoms with Crippen LogP contribution in [0.4, 0.5) is 0 Å². The third-order valence-electron chi connectivity index (χ3n) is 4.43. The van der Waals surface area contributed by atoms with Gasteiger partial charge in [0.1, 0.15) is 12.4 Å². The Morgan fingerprint density at radius 3 is 2.69 bits per heavy atom. The number of nitrogens with zero attached hydrogens (tertiary/aromatic N) is 1. The number of benzene rings is 2. The number of aliphatic carboxylic acids is 1. The SMILES string of the molecule is O=C(O)C1CC(=O)N(CCc2cccc(OCc3cccc(Cl)c3)c2)C1. The van der Waals surface area contributed by atoms with Gasteiger partial charge in [-0.3, -0.25) is 9.59 Å². The molecule has 26 heavy (non-hydrogen) atoms. The van der Waals surface area contributed by atoms with E-state index in [1.165, 1.54) is 0 Å². The molecule has 1 unspecified atom stereocenters. The van der Waals surface area contributed by atoms with Crippen LogP contribution >= 0.6 is 11.6 Å². The molecule has 1 heterocycles. The standard InChI is InChI=1S/C20H20ClNO4/c21-17-5-1-4-15(9-17)13-26-18-6-2-3-14(10-18)7-8-22-12-16(20(24)25)11-19(22)23/h1-6,9-10,16H,7-8,11-13H2,(H,24,25). The van der Waals surface area contributed by atoms with Crippen LogP contribution < -0.4 is 4.74 Å². The quantitative estimate of drug-likeness (QED) is 0.807. The molecule has 0 bridgehead atoms. The number of carboxylic acid groups (broad SMARTS) is 1. The topological polar surface area (TPSA) is 66.8 Å². The molecule has 0 aromatic heterocycles. The molecule has 0 saturated carbocycles. The summed E-state index contributed by atoms with van der Waals surface area (Å²) in [6.07, 6.45) is 0.755. The summed E-state index contributed by atoms with van der Waals surface area (Å²) in [5.74, 6) is -0.837. The third kappa shape index (κ3) is 4.76. The number of likely N-dealkylation sites (tertiary alicyclic amines) is 1. The Labute approximate surface area is 157 Å². The van der Waals surface area contributed by atoms with Crippen molar-refractivity contribution in [3.8, 4) is 5.75 Å². The van der Waals surface area contributed by atoms with Crippen LogP contribution in [-0.2, 0) is 22.6 Å². The van der Waals surface area contributed by atoms with Crippen LogP contribution in [0.5, 0.6) is 5.75 Å². The highest BCUT2D eigenvalue weighted by Crippen LogP contribution is 2.20. The van der Waals surface area contributed by atoms with Gasteiger partial charge >= 0.3 is 5.97 Å². The lowest BCUT2D eigenvalue weighted by Gasteiger charge is -2.16. The lowest BCUT2D eigenvalue weighted by Crippen LogP contribution is -2.28. The maximum atomic E-state index is 11.9. The van der Waals surface area contributed by atoms with E-state index in [1.54, 1.807) is 4.90 Å². The molecule has 6 heteroatoms. The first-order chi connectivity index (χ1) is 12.5. The fraction of sp³-hybridized carbons (Fsp3) is 0.300. The molecule has 0 radical (unpaired) electrons. The lowest BCUT2D eigenvalue weighted by molar-refractivity contribution is -0.141. The Balaban J connectivity index is 1.54. The fourth-order valence-corrected chi connectivity index (χ4v) is 3.21. The second-order valence-electron chi connectivity index (χ2n) is 6.40. The van der Waals surface area contributed by atoms with Crippen LogP contribution in [0.1, 0.15) is 17.5 Å². The molecule has 1 atom stereocenters.